The normalized spacial score (nSPS) is 10.4. The van der Waals surface area contributed by atoms with Crippen LogP contribution in [0.4, 0.5) is 5.69 Å². The van der Waals surface area contributed by atoms with Gasteiger partial charge in [-0.2, -0.15) is 5.10 Å². The number of thiocarbonyl (C=S) groups is 1. The first-order valence-electron chi connectivity index (χ1n) is 6.23. The smallest absolute Gasteiger partial charge is 0.170 e. The van der Waals surface area contributed by atoms with Crippen molar-refractivity contribution in [2.45, 2.75) is 13.0 Å². The molecular formula is C13H13BrCl2N4S. The van der Waals surface area contributed by atoms with Crippen molar-refractivity contribution in [2.75, 3.05) is 11.9 Å². The van der Waals surface area contributed by atoms with Gasteiger partial charge in [-0.15, -0.1) is 0 Å². The summed E-state index contributed by atoms with van der Waals surface area (Å²) in [6.07, 6.45) is 4.60. The van der Waals surface area contributed by atoms with E-state index in [2.05, 4.69) is 31.7 Å². The van der Waals surface area contributed by atoms with Crippen molar-refractivity contribution in [2.24, 2.45) is 0 Å². The van der Waals surface area contributed by atoms with Crippen LogP contribution in [0, 0.1) is 0 Å². The van der Waals surface area contributed by atoms with E-state index < -0.39 is 0 Å². The first-order chi connectivity index (χ1) is 10.1. The van der Waals surface area contributed by atoms with Crippen molar-refractivity contribution < 1.29 is 0 Å². The van der Waals surface area contributed by atoms with E-state index >= 15 is 0 Å². The SMILES string of the molecule is S=C(NCCCn1cc(Br)cn1)Nc1cccc(Cl)c1Cl. The standard InChI is InChI=1S/C13H13BrCl2N4S/c14-9-7-18-20(8-9)6-2-5-17-13(21)19-11-4-1-3-10(15)12(11)16/h1,3-4,7-8H,2,5-6H2,(H2,17,19,21). The van der Waals surface area contributed by atoms with Crippen LogP contribution in [0.5, 0.6) is 0 Å². The van der Waals surface area contributed by atoms with Gasteiger partial charge >= 0.3 is 0 Å². The molecule has 2 N–H and O–H groups in total. The summed E-state index contributed by atoms with van der Waals surface area (Å²) in [6, 6.07) is 5.37. The monoisotopic (exact) mass is 406 g/mol. The summed E-state index contributed by atoms with van der Waals surface area (Å²) in [7, 11) is 0. The highest BCUT2D eigenvalue weighted by Gasteiger charge is 2.05. The second-order valence-electron chi connectivity index (χ2n) is 4.26. The molecular weight excluding hydrogens is 395 g/mol. The third-order valence-electron chi connectivity index (χ3n) is 2.65. The molecule has 0 aliphatic heterocycles. The Bertz CT molecular complexity index is 632. The van der Waals surface area contributed by atoms with Gasteiger partial charge in [0.2, 0.25) is 0 Å². The van der Waals surface area contributed by atoms with Crippen LogP contribution in [0.2, 0.25) is 10.0 Å². The molecule has 0 aliphatic rings. The number of nitrogens with one attached hydrogen (secondary N) is 2. The Hall–Kier alpha value is -0.820. The van der Waals surface area contributed by atoms with Crippen LogP contribution in [-0.2, 0) is 6.54 Å². The number of hydrogen-bond donors (Lipinski definition) is 2. The van der Waals surface area contributed by atoms with Gasteiger partial charge in [-0.1, -0.05) is 29.3 Å². The number of rotatable bonds is 5. The lowest BCUT2D eigenvalue weighted by Crippen LogP contribution is -2.29. The Kier molecular flexibility index (Phi) is 6.29. The number of benzene rings is 1. The Balaban J connectivity index is 1.73. The molecule has 2 rings (SSSR count). The van der Waals surface area contributed by atoms with E-state index in [1.165, 1.54) is 0 Å². The summed E-state index contributed by atoms with van der Waals surface area (Å²) in [4.78, 5) is 0. The second kappa shape index (κ2) is 7.98. The van der Waals surface area contributed by atoms with Crippen LogP contribution in [0.3, 0.4) is 0 Å². The van der Waals surface area contributed by atoms with E-state index in [1.807, 2.05) is 23.0 Å². The maximum atomic E-state index is 6.08. The molecule has 1 aromatic carbocycles. The Labute approximate surface area is 146 Å². The first kappa shape index (κ1) is 16.5. The van der Waals surface area contributed by atoms with E-state index in [1.54, 1.807) is 12.3 Å². The van der Waals surface area contributed by atoms with Gasteiger partial charge in [0.1, 0.15) is 0 Å². The molecule has 112 valence electrons. The molecule has 0 radical (unpaired) electrons. The van der Waals surface area contributed by atoms with E-state index in [4.69, 9.17) is 35.4 Å². The molecule has 4 nitrogen and oxygen atoms in total. The minimum absolute atomic E-state index is 0.463. The van der Waals surface area contributed by atoms with Crippen molar-refractivity contribution >= 4 is 62.1 Å². The molecule has 0 bridgehead atoms. The fourth-order valence-corrected chi connectivity index (χ4v) is 2.56. The molecule has 0 spiro atoms. The maximum absolute atomic E-state index is 6.08. The van der Waals surface area contributed by atoms with Crippen LogP contribution in [0.1, 0.15) is 6.42 Å². The third kappa shape index (κ3) is 5.14. The van der Waals surface area contributed by atoms with Gasteiger partial charge in [0, 0.05) is 19.3 Å². The molecule has 0 fully saturated rings. The van der Waals surface area contributed by atoms with Crippen molar-refractivity contribution in [1.82, 2.24) is 15.1 Å². The lowest BCUT2D eigenvalue weighted by atomic mass is 10.3. The fourth-order valence-electron chi connectivity index (χ4n) is 1.67. The maximum Gasteiger partial charge on any atom is 0.170 e. The largest absolute Gasteiger partial charge is 0.362 e. The van der Waals surface area contributed by atoms with Crippen LogP contribution < -0.4 is 10.6 Å². The second-order valence-corrected chi connectivity index (χ2v) is 6.37. The van der Waals surface area contributed by atoms with Crippen molar-refractivity contribution in [3.8, 4) is 0 Å². The number of hydrogen-bond acceptors (Lipinski definition) is 2. The van der Waals surface area contributed by atoms with Gasteiger partial charge in [0.25, 0.3) is 0 Å². The summed E-state index contributed by atoms with van der Waals surface area (Å²) in [6.45, 7) is 1.56. The molecule has 8 heteroatoms. The Morgan fingerprint density at radius 3 is 2.90 bits per heavy atom. The molecule has 21 heavy (non-hydrogen) atoms. The molecule has 0 saturated heterocycles. The molecule has 0 unspecified atom stereocenters. The Morgan fingerprint density at radius 2 is 2.19 bits per heavy atom. The molecule has 1 heterocycles. The summed E-state index contributed by atoms with van der Waals surface area (Å²) in [5.41, 5.74) is 0.692. The highest BCUT2D eigenvalue weighted by atomic mass is 79.9. The third-order valence-corrected chi connectivity index (χ3v) is 4.13. The summed E-state index contributed by atoms with van der Waals surface area (Å²) in [5, 5.41) is 11.8. The first-order valence-corrected chi connectivity index (χ1v) is 8.19. The van der Waals surface area contributed by atoms with Crippen molar-refractivity contribution in [1.29, 1.82) is 0 Å². The molecule has 1 aromatic heterocycles. The van der Waals surface area contributed by atoms with Gasteiger partial charge in [0.05, 0.1) is 26.4 Å². The van der Waals surface area contributed by atoms with Crippen LogP contribution >= 0.6 is 51.3 Å². The van der Waals surface area contributed by atoms with Gasteiger partial charge in [-0.25, -0.2) is 0 Å². The number of anilines is 1. The average Bonchev–Trinajstić information content (AvgIpc) is 2.86. The summed E-state index contributed by atoms with van der Waals surface area (Å²) >= 11 is 20.6. The van der Waals surface area contributed by atoms with Crippen molar-refractivity contribution in [3.63, 3.8) is 0 Å². The van der Waals surface area contributed by atoms with Crippen LogP contribution in [-0.4, -0.2) is 21.4 Å². The van der Waals surface area contributed by atoms with E-state index in [0.717, 1.165) is 24.0 Å². The molecule has 0 saturated carbocycles. The molecule has 0 atom stereocenters. The van der Waals surface area contributed by atoms with Crippen molar-refractivity contribution in [3.05, 3.63) is 45.1 Å². The van der Waals surface area contributed by atoms with E-state index in [0.29, 0.717) is 20.8 Å². The summed E-state index contributed by atoms with van der Waals surface area (Å²) < 4.78 is 2.85. The number of nitrogens with zero attached hydrogens (tertiary/aromatic N) is 2. The zero-order valence-corrected chi connectivity index (χ0v) is 14.9. The molecule has 0 amide bonds. The fraction of sp³-hybridized carbons (Fsp3) is 0.231. The highest BCUT2D eigenvalue weighted by molar-refractivity contribution is 9.10. The van der Waals surface area contributed by atoms with Gasteiger partial charge in [-0.3, -0.25) is 4.68 Å². The van der Waals surface area contributed by atoms with Gasteiger partial charge < -0.3 is 10.6 Å². The summed E-state index contributed by atoms with van der Waals surface area (Å²) in [5.74, 6) is 0. The predicted molar refractivity (Wildman–Crippen MR) is 95.2 cm³/mol. The Morgan fingerprint density at radius 1 is 1.38 bits per heavy atom. The van der Waals surface area contributed by atoms with Gasteiger partial charge in [0.15, 0.2) is 5.11 Å². The molecule has 2 aromatic rings. The van der Waals surface area contributed by atoms with Crippen LogP contribution in [0.15, 0.2) is 35.1 Å². The lowest BCUT2D eigenvalue weighted by molar-refractivity contribution is 0.573. The zero-order chi connectivity index (χ0) is 15.2. The van der Waals surface area contributed by atoms with E-state index in [-0.39, 0.29) is 0 Å². The molecule has 0 aliphatic carbocycles. The van der Waals surface area contributed by atoms with E-state index in [9.17, 15) is 0 Å². The predicted octanol–water partition coefficient (Wildman–Crippen LogP) is 4.33. The quantitative estimate of drug-likeness (QED) is 0.571. The minimum Gasteiger partial charge on any atom is -0.362 e. The number of aryl methyl sites for hydroxylation is 1. The highest BCUT2D eigenvalue weighted by Crippen LogP contribution is 2.29. The lowest BCUT2D eigenvalue weighted by Gasteiger charge is -2.12. The number of halogens is 3. The average molecular weight is 408 g/mol. The zero-order valence-electron chi connectivity index (χ0n) is 10.9. The van der Waals surface area contributed by atoms with Gasteiger partial charge in [-0.05, 0) is 46.7 Å². The minimum atomic E-state index is 0.463. The number of aromatic nitrogens is 2. The topological polar surface area (TPSA) is 41.9 Å². The van der Waals surface area contributed by atoms with Crippen LogP contribution in [0.25, 0.3) is 0 Å².